The van der Waals surface area contributed by atoms with Gasteiger partial charge in [-0.15, -0.1) is 0 Å². The van der Waals surface area contributed by atoms with Gasteiger partial charge in [-0.2, -0.15) is 0 Å². The number of hydrogen-bond donors (Lipinski definition) is 1. The van der Waals surface area contributed by atoms with Crippen molar-refractivity contribution in [1.29, 1.82) is 0 Å². The van der Waals surface area contributed by atoms with Crippen LogP contribution in [0.4, 0.5) is 20.2 Å². The third-order valence-corrected chi connectivity index (χ3v) is 5.27. The highest BCUT2D eigenvalue weighted by molar-refractivity contribution is 5.94. The molecule has 10 heteroatoms. The molecule has 0 bridgehead atoms. The van der Waals surface area contributed by atoms with E-state index >= 15 is 4.39 Å². The van der Waals surface area contributed by atoms with Crippen molar-refractivity contribution in [3.8, 4) is 0 Å². The molecule has 0 atom stereocenters. The van der Waals surface area contributed by atoms with Crippen LogP contribution in [0.3, 0.4) is 0 Å². The lowest BCUT2D eigenvalue weighted by Gasteiger charge is -2.21. The van der Waals surface area contributed by atoms with Gasteiger partial charge in [-0.05, 0) is 18.6 Å². The number of aromatic carboxylic acids is 1. The van der Waals surface area contributed by atoms with Crippen LogP contribution in [0.15, 0.2) is 35.3 Å². The fourth-order valence-electron chi connectivity index (χ4n) is 3.90. The maximum absolute atomic E-state index is 15.5. The minimum absolute atomic E-state index is 0.0555. The number of aromatic nitrogens is 1. The molecule has 154 valence electrons. The van der Waals surface area contributed by atoms with Crippen LogP contribution in [0.2, 0.25) is 0 Å². The number of nitro benzene ring substituents is 1. The molecular weight excluding hydrogens is 400 g/mol. The Labute approximate surface area is 167 Å². The summed E-state index contributed by atoms with van der Waals surface area (Å²) in [6.07, 6.45) is 1.03. The van der Waals surface area contributed by atoms with Gasteiger partial charge in [-0.25, -0.2) is 13.6 Å². The Morgan fingerprint density at radius 1 is 1.30 bits per heavy atom. The average molecular weight is 415 g/mol. The molecule has 0 fully saturated rings. The average Bonchev–Trinajstić information content (AvgIpc) is 3.11. The molecule has 0 unspecified atom stereocenters. The topological polar surface area (TPSA) is 106 Å². The molecule has 0 spiro atoms. The summed E-state index contributed by atoms with van der Waals surface area (Å²) in [6.45, 7) is 1.76. The number of rotatable bonds is 4. The van der Waals surface area contributed by atoms with E-state index in [1.807, 2.05) is 0 Å². The number of pyridine rings is 1. The van der Waals surface area contributed by atoms with Crippen LogP contribution < -0.4 is 10.3 Å². The van der Waals surface area contributed by atoms with Gasteiger partial charge >= 0.3 is 5.97 Å². The Morgan fingerprint density at radius 3 is 2.67 bits per heavy atom. The van der Waals surface area contributed by atoms with Gasteiger partial charge in [0.15, 0.2) is 5.82 Å². The van der Waals surface area contributed by atoms with E-state index in [-0.39, 0.29) is 36.2 Å². The Morgan fingerprint density at radius 2 is 2.03 bits per heavy atom. The molecule has 2 aromatic carbocycles. The van der Waals surface area contributed by atoms with Crippen molar-refractivity contribution in [1.82, 2.24) is 4.57 Å². The van der Waals surface area contributed by atoms with E-state index in [4.69, 9.17) is 0 Å². The lowest BCUT2D eigenvalue weighted by Crippen LogP contribution is -2.23. The van der Waals surface area contributed by atoms with Crippen molar-refractivity contribution in [3.05, 3.63) is 79.1 Å². The molecule has 4 rings (SSSR count). The van der Waals surface area contributed by atoms with Crippen LogP contribution in [0.5, 0.6) is 0 Å². The molecule has 3 aromatic rings. The highest BCUT2D eigenvalue weighted by Gasteiger charge is 2.31. The summed E-state index contributed by atoms with van der Waals surface area (Å²) in [5, 5.41) is 20.1. The molecule has 2 heterocycles. The zero-order valence-electron chi connectivity index (χ0n) is 15.7. The molecule has 1 aromatic heterocycles. The van der Waals surface area contributed by atoms with E-state index in [1.54, 1.807) is 13.0 Å². The maximum Gasteiger partial charge on any atom is 0.341 e. The van der Waals surface area contributed by atoms with Gasteiger partial charge in [0, 0.05) is 25.4 Å². The summed E-state index contributed by atoms with van der Waals surface area (Å²) < 4.78 is 31.7. The SMILES string of the molecule is CCn1cc(C(=O)O)c(=O)c2cc(F)c(N3Cc4cccc([N+](=O)[O-])c4C3)c(F)c21. The molecule has 0 amide bonds. The summed E-state index contributed by atoms with van der Waals surface area (Å²) in [5.41, 5.74) is -1.38. The molecule has 0 aliphatic carbocycles. The van der Waals surface area contributed by atoms with Crippen molar-refractivity contribution >= 4 is 28.2 Å². The Bertz CT molecular complexity index is 1300. The molecular formula is C20H15F2N3O5. The van der Waals surface area contributed by atoms with E-state index in [1.165, 1.54) is 21.6 Å². The van der Waals surface area contributed by atoms with Crippen LogP contribution >= 0.6 is 0 Å². The van der Waals surface area contributed by atoms with Crippen molar-refractivity contribution < 1.29 is 23.6 Å². The summed E-state index contributed by atoms with van der Waals surface area (Å²) >= 11 is 0. The maximum atomic E-state index is 15.5. The van der Waals surface area contributed by atoms with Crippen LogP contribution in [0, 0.1) is 21.7 Å². The van der Waals surface area contributed by atoms with Gasteiger partial charge < -0.3 is 14.6 Å². The quantitative estimate of drug-likeness (QED) is 0.517. The van der Waals surface area contributed by atoms with Crippen LogP contribution in [-0.4, -0.2) is 20.6 Å². The molecule has 8 nitrogen and oxygen atoms in total. The molecule has 1 aliphatic rings. The molecule has 1 N–H and O–H groups in total. The Kier molecular flexibility index (Phi) is 4.49. The first kappa shape index (κ1) is 19.5. The third kappa shape index (κ3) is 2.79. The monoisotopic (exact) mass is 415 g/mol. The summed E-state index contributed by atoms with van der Waals surface area (Å²) in [6, 6.07) is 5.32. The van der Waals surface area contributed by atoms with Crippen molar-refractivity contribution in [2.75, 3.05) is 4.90 Å². The first-order valence-corrected chi connectivity index (χ1v) is 9.03. The van der Waals surface area contributed by atoms with E-state index in [0.717, 1.165) is 12.3 Å². The van der Waals surface area contributed by atoms with Crippen molar-refractivity contribution in [2.45, 2.75) is 26.6 Å². The van der Waals surface area contributed by atoms with Gasteiger partial charge in [-0.3, -0.25) is 14.9 Å². The highest BCUT2D eigenvalue weighted by Crippen LogP contribution is 2.38. The number of aryl methyl sites for hydroxylation is 1. The molecule has 30 heavy (non-hydrogen) atoms. The summed E-state index contributed by atoms with van der Waals surface area (Å²) in [4.78, 5) is 35.8. The second-order valence-corrected chi connectivity index (χ2v) is 6.91. The second-order valence-electron chi connectivity index (χ2n) is 6.91. The Hall–Kier alpha value is -3.82. The highest BCUT2D eigenvalue weighted by atomic mass is 19.1. The minimum atomic E-state index is -1.49. The van der Waals surface area contributed by atoms with E-state index in [2.05, 4.69) is 0 Å². The largest absolute Gasteiger partial charge is 0.477 e. The lowest BCUT2D eigenvalue weighted by molar-refractivity contribution is -0.385. The number of fused-ring (bicyclic) bond motifs is 2. The zero-order valence-corrected chi connectivity index (χ0v) is 15.7. The van der Waals surface area contributed by atoms with Crippen LogP contribution in [-0.2, 0) is 19.6 Å². The number of benzene rings is 2. The van der Waals surface area contributed by atoms with Crippen molar-refractivity contribution in [2.24, 2.45) is 0 Å². The number of nitro groups is 1. The standard InChI is InChI=1S/C20H15F2N3O5/c1-2-23-9-13(20(27)28)19(26)11-6-14(21)18(16(22)17(11)23)24-7-10-4-3-5-15(25(29)30)12(10)8-24/h3-6,9H,2,7-8H2,1H3,(H,27,28). The van der Waals surface area contributed by atoms with Gasteiger partial charge in [0.25, 0.3) is 5.69 Å². The number of carboxylic acid groups (broad SMARTS) is 1. The predicted octanol–water partition coefficient (Wildman–Crippen LogP) is 3.43. The predicted molar refractivity (Wildman–Crippen MR) is 104 cm³/mol. The first-order chi connectivity index (χ1) is 14.2. The fraction of sp³-hybridized carbons (Fsp3) is 0.200. The fourth-order valence-corrected chi connectivity index (χ4v) is 3.90. The van der Waals surface area contributed by atoms with Gasteiger partial charge in [0.1, 0.15) is 17.1 Å². The van der Waals surface area contributed by atoms with Gasteiger partial charge in [-0.1, -0.05) is 12.1 Å². The lowest BCUT2D eigenvalue weighted by atomic mass is 10.1. The van der Waals surface area contributed by atoms with Gasteiger partial charge in [0.05, 0.1) is 27.9 Å². The number of carbonyl (C=O) groups is 1. The van der Waals surface area contributed by atoms with E-state index in [0.29, 0.717) is 11.1 Å². The van der Waals surface area contributed by atoms with Crippen LogP contribution in [0.1, 0.15) is 28.4 Å². The number of halogens is 2. The molecule has 0 saturated carbocycles. The third-order valence-electron chi connectivity index (χ3n) is 5.27. The van der Waals surface area contributed by atoms with Gasteiger partial charge in [0.2, 0.25) is 5.43 Å². The summed E-state index contributed by atoms with van der Waals surface area (Å²) in [7, 11) is 0. The normalized spacial score (nSPS) is 13.0. The molecule has 0 radical (unpaired) electrons. The van der Waals surface area contributed by atoms with Crippen LogP contribution in [0.25, 0.3) is 10.9 Å². The second kappa shape index (κ2) is 6.90. The number of nitrogens with zero attached hydrogens (tertiary/aromatic N) is 3. The minimum Gasteiger partial charge on any atom is -0.477 e. The smallest absolute Gasteiger partial charge is 0.341 e. The zero-order chi connectivity index (χ0) is 21.7. The van der Waals surface area contributed by atoms with Crippen molar-refractivity contribution in [3.63, 3.8) is 0 Å². The molecule has 0 saturated heterocycles. The number of anilines is 1. The number of carboxylic acids is 1. The summed E-state index contributed by atoms with van der Waals surface area (Å²) in [5.74, 6) is -3.55. The van der Waals surface area contributed by atoms with E-state index < -0.39 is 39.2 Å². The van der Waals surface area contributed by atoms with E-state index in [9.17, 15) is 29.2 Å². The molecule has 1 aliphatic heterocycles. The Balaban J connectivity index is 1.93. The number of hydrogen-bond acceptors (Lipinski definition) is 5. The first-order valence-electron chi connectivity index (χ1n) is 9.03.